The number of benzene rings is 2. The van der Waals surface area contributed by atoms with Crippen LogP contribution in [0.3, 0.4) is 0 Å². The number of aromatic nitrogens is 4. The summed E-state index contributed by atoms with van der Waals surface area (Å²) >= 11 is 1.37. The average molecular weight is 401 g/mol. The van der Waals surface area contributed by atoms with E-state index in [0.717, 1.165) is 16.9 Å². The number of rotatable bonds is 6. The van der Waals surface area contributed by atoms with Gasteiger partial charge in [-0.05, 0) is 43.3 Å². The molecule has 2 aromatic carbocycles. The zero-order valence-electron chi connectivity index (χ0n) is 15.8. The number of para-hydroxylation sites is 2. The molecule has 144 valence electrons. The Bertz CT molecular complexity index is 1080. The molecule has 7 heteroatoms. The second-order valence-electron chi connectivity index (χ2n) is 6.33. The minimum atomic E-state index is -0.354. The van der Waals surface area contributed by atoms with Crippen LogP contribution < -0.4 is 5.32 Å². The van der Waals surface area contributed by atoms with Gasteiger partial charge in [0.05, 0.1) is 5.25 Å². The summed E-state index contributed by atoms with van der Waals surface area (Å²) in [5.41, 5.74) is 2.61. The van der Waals surface area contributed by atoms with Crippen LogP contribution in [0.4, 0.5) is 5.69 Å². The molecule has 0 bridgehead atoms. The van der Waals surface area contributed by atoms with E-state index in [1.165, 1.54) is 11.8 Å². The van der Waals surface area contributed by atoms with Gasteiger partial charge in [0.2, 0.25) is 5.91 Å². The van der Waals surface area contributed by atoms with E-state index in [-0.39, 0.29) is 11.2 Å². The van der Waals surface area contributed by atoms with Gasteiger partial charge >= 0.3 is 0 Å². The zero-order valence-corrected chi connectivity index (χ0v) is 16.6. The van der Waals surface area contributed by atoms with Gasteiger partial charge in [0, 0.05) is 29.3 Å². The average Bonchev–Trinajstić information content (AvgIpc) is 3.19. The Morgan fingerprint density at radius 1 is 0.931 bits per heavy atom. The molecular formula is C22H19N5OS. The normalized spacial score (nSPS) is 11.8. The largest absolute Gasteiger partial charge is 0.325 e. The first-order valence-electron chi connectivity index (χ1n) is 9.16. The maximum Gasteiger partial charge on any atom is 0.237 e. The van der Waals surface area contributed by atoms with Gasteiger partial charge in [-0.3, -0.25) is 14.3 Å². The molecule has 0 aliphatic heterocycles. The summed E-state index contributed by atoms with van der Waals surface area (Å²) in [5.74, 6) is 0.617. The van der Waals surface area contributed by atoms with Crippen molar-refractivity contribution in [3.63, 3.8) is 0 Å². The van der Waals surface area contributed by atoms with E-state index in [1.807, 2.05) is 84.3 Å². The zero-order chi connectivity index (χ0) is 20.1. The number of hydrogen-bond acceptors (Lipinski definition) is 5. The van der Waals surface area contributed by atoms with Crippen molar-refractivity contribution in [2.45, 2.75) is 17.3 Å². The van der Waals surface area contributed by atoms with Crippen molar-refractivity contribution in [3.05, 3.63) is 85.2 Å². The lowest BCUT2D eigenvalue weighted by Crippen LogP contribution is -2.22. The van der Waals surface area contributed by atoms with Crippen LogP contribution in [-0.4, -0.2) is 30.9 Å². The van der Waals surface area contributed by atoms with Gasteiger partial charge in [-0.2, -0.15) is 0 Å². The second-order valence-corrected chi connectivity index (χ2v) is 7.64. The fraction of sp³-hybridized carbons (Fsp3) is 0.0909. The van der Waals surface area contributed by atoms with Crippen LogP contribution in [0.15, 0.2) is 90.3 Å². The molecule has 2 heterocycles. The Labute approximate surface area is 173 Å². The highest BCUT2D eigenvalue weighted by Crippen LogP contribution is 2.30. The Kier molecular flexibility index (Phi) is 5.67. The van der Waals surface area contributed by atoms with Crippen molar-refractivity contribution in [3.8, 4) is 17.1 Å². The van der Waals surface area contributed by atoms with Crippen LogP contribution in [0.5, 0.6) is 0 Å². The summed E-state index contributed by atoms with van der Waals surface area (Å²) in [6, 6.07) is 23.1. The van der Waals surface area contributed by atoms with Crippen molar-refractivity contribution in [1.82, 2.24) is 19.7 Å². The number of carbonyl (C=O) groups is 1. The highest BCUT2D eigenvalue weighted by atomic mass is 32.2. The van der Waals surface area contributed by atoms with E-state index in [1.54, 1.807) is 12.4 Å². The summed E-state index contributed by atoms with van der Waals surface area (Å²) in [7, 11) is 0. The molecule has 0 aliphatic rings. The van der Waals surface area contributed by atoms with Crippen molar-refractivity contribution in [2.75, 3.05) is 5.32 Å². The third-order valence-electron chi connectivity index (χ3n) is 4.28. The molecule has 2 aromatic heterocycles. The minimum Gasteiger partial charge on any atom is -0.325 e. The monoisotopic (exact) mass is 401 g/mol. The number of thioether (sulfide) groups is 1. The van der Waals surface area contributed by atoms with E-state index < -0.39 is 0 Å². The summed E-state index contributed by atoms with van der Waals surface area (Å²) in [5, 5.41) is 12.0. The van der Waals surface area contributed by atoms with Gasteiger partial charge in [-0.15, -0.1) is 10.2 Å². The van der Waals surface area contributed by atoms with Crippen molar-refractivity contribution in [1.29, 1.82) is 0 Å². The summed E-state index contributed by atoms with van der Waals surface area (Å²) < 4.78 is 1.96. The Morgan fingerprint density at radius 3 is 2.28 bits per heavy atom. The van der Waals surface area contributed by atoms with Crippen LogP contribution in [0.25, 0.3) is 17.1 Å². The molecule has 4 rings (SSSR count). The second kappa shape index (κ2) is 8.70. The maximum atomic E-state index is 12.6. The minimum absolute atomic E-state index is 0.0886. The summed E-state index contributed by atoms with van der Waals surface area (Å²) in [6.07, 6.45) is 3.45. The number of nitrogens with one attached hydrogen (secondary N) is 1. The van der Waals surface area contributed by atoms with Gasteiger partial charge in [0.1, 0.15) is 0 Å². The van der Waals surface area contributed by atoms with Gasteiger partial charge in [0.15, 0.2) is 11.0 Å². The molecule has 0 saturated carbocycles. The maximum absolute atomic E-state index is 12.6. The number of anilines is 1. The highest BCUT2D eigenvalue weighted by molar-refractivity contribution is 8.00. The number of carbonyl (C=O) groups excluding carboxylic acids is 1. The van der Waals surface area contributed by atoms with Crippen molar-refractivity contribution < 1.29 is 4.79 Å². The lowest BCUT2D eigenvalue weighted by molar-refractivity contribution is -0.115. The first-order chi connectivity index (χ1) is 14.2. The Hall–Kier alpha value is -3.45. The SMILES string of the molecule is C[C@@H](Sc1nnc(-c2ccncc2)n1-c1ccccc1)C(=O)Nc1ccccc1. The summed E-state index contributed by atoms with van der Waals surface area (Å²) in [4.78, 5) is 16.7. The van der Waals surface area contributed by atoms with E-state index in [2.05, 4.69) is 20.5 Å². The molecule has 0 aliphatic carbocycles. The molecule has 4 aromatic rings. The van der Waals surface area contributed by atoms with Gasteiger partial charge in [-0.25, -0.2) is 0 Å². The topological polar surface area (TPSA) is 72.7 Å². The van der Waals surface area contributed by atoms with Crippen LogP contribution >= 0.6 is 11.8 Å². The molecule has 1 amide bonds. The number of amides is 1. The first-order valence-corrected chi connectivity index (χ1v) is 10.0. The van der Waals surface area contributed by atoms with Crippen LogP contribution in [0, 0.1) is 0 Å². The van der Waals surface area contributed by atoms with Gasteiger partial charge < -0.3 is 5.32 Å². The molecule has 0 unspecified atom stereocenters. The molecule has 6 nitrogen and oxygen atoms in total. The number of pyridine rings is 1. The predicted octanol–water partition coefficient (Wildman–Crippen LogP) is 4.45. The van der Waals surface area contributed by atoms with E-state index in [4.69, 9.17) is 0 Å². The lowest BCUT2D eigenvalue weighted by atomic mass is 10.2. The standard InChI is InChI=1S/C22H19N5OS/c1-16(21(28)24-18-8-4-2-5-9-18)29-22-26-25-20(17-12-14-23-15-13-17)27(22)19-10-6-3-7-11-19/h2-16H,1H3,(H,24,28)/t16-/m1/s1. The highest BCUT2D eigenvalue weighted by Gasteiger charge is 2.22. The molecule has 0 spiro atoms. The lowest BCUT2D eigenvalue weighted by Gasteiger charge is -2.14. The molecule has 1 atom stereocenters. The predicted molar refractivity (Wildman–Crippen MR) is 115 cm³/mol. The molecule has 1 N–H and O–H groups in total. The third-order valence-corrected chi connectivity index (χ3v) is 5.32. The Morgan fingerprint density at radius 2 is 1.59 bits per heavy atom. The van der Waals surface area contributed by atoms with Crippen molar-refractivity contribution in [2.24, 2.45) is 0 Å². The van der Waals surface area contributed by atoms with Crippen molar-refractivity contribution >= 4 is 23.4 Å². The van der Waals surface area contributed by atoms with E-state index in [0.29, 0.717) is 11.0 Å². The van der Waals surface area contributed by atoms with Gasteiger partial charge in [0.25, 0.3) is 0 Å². The molecular weight excluding hydrogens is 382 g/mol. The quantitative estimate of drug-likeness (QED) is 0.483. The molecule has 0 saturated heterocycles. The Balaban J connectivity index is 1.63. The third kappa shape index (κ3) is 4.35. The van der Waals surface area contributed by atoms with Crippen LogP contribution in [-0.2, 0) is 4.79 Å². The fourth-order valence-electron chi connectivity index (χ4n) is 2.82. The van der Waals surface area contributed by atoms with E-state index in [9.17, 15) is 4.79 Å². The molecule has 0 radical (unpaired) electrons. The number of nitrogens with zero attached hydrogens (tertiary/aromatic N) is 4. The molecule has 0 fully saturated rings. The van der Waals surface area contributed by atoms with Crippen LogP contribution in [0.2, 0.25) is 0 Å². The fourth-order valence-corrected chi connectivity index (χ4v) is 3.69. The van der Waals surface area contributed by atoms with Gasteiger partial charge in [-0.1, -0.05) is 48.2 Å². The van der Waals surface area contributed by atoms with E-state index >= 15 is 0 Å². The first kappa shape index (κ1) is 18.9. The van der Waals surface area contributed by atoms with Crippen LogP contribution in [0.1, 0.15) is 6.92 Å². The molecule has 29 heavy (non-hydrogen) atoms. The summed E-state index contributed by atoms with van der Waals surface area (Å²) in [6.45, 7) is 1.86. The smallest absolute Gasteiger partial charge is 0.237 e. The number of hydrogen-bond donors (Lipinski definition) is 1.